The highest BCUT2D eigenvalue weighted by molar-refractivity contribution is 5.96. The molecule has 0 radical (unpaired) electrons. The van der Waals surface area contributed by atoms with Crippen LogP contribution in [0.3, 0.4) is 0 Å². The van der Waals surface area contributed by atoms with Gasteiger partial charge in [-0.25, -0.2) is 4.68 Å². The van der Waals surface area contributed by atoms with Crippen LogP contribution < -0.4 is 10.1 Å². The summed E-state index contributed by atoms with van der Waals surface area (Å²) in [5.41, 5.74) is -0.279. The maximum absolute atomic E-state index is 13.5. The fourth-order valence-corrected chi connectivity index (χ4v) is 6.72. The maximum Gasteiger partial charge on any atom is 0.315 e. The normalized spacial score (nSPS) is 27.5. The van der Waals surface area contributed by atoms with Crippen LogP contribution >= 0.6 is 0 Å². The molecule has 1 amide bonds. The first kappa shape index (κ1) is 25.8. The topological polar surface area (TPSA) is 82.5 Å². The van der Waals surface area contributed by atoms with E-state index in [0.29, 0.717) is 55.3 Å². The molecule has 4 saturated carbocycles. The molecule has 0 unspecified atom stereocenters. The Kier molecular flexibility index (Phi) is 7.92. The zero-order valence-electron chi connectivity index (χ0n) is 22.1. The van der Waals surface area contributed by atoms with Crippen LogP contribution in [0.15, 0.2) is 12.3 Å². The number of nitrogens with zero attached hydrogens (tertiary/aromatic N) is 2. The molecule has 1 aromatic rings. The van der Waals surface area contributed by atoms with Crippen molar-refractivity contribution in [2.75, 3.05) is 13.2 Å². The summed E-state index contributed by atoms with van der Waals surface area (Å²) < 4.78 is 13.0. The summed E-state index contributed by atoms with van der Waals surface area (Å²) in [6.07, 6.45) is 12.8. The fraction of sp³-hybridized carbons (Fsp3) is 0.750. The maximum atomic E-state index is 13.5. The molecule has 0 spiro atoms. The first-order valence-electron chi connectivity index (χ1n) is 13.7. The predicted molar refractivity (Wildman–Crippen MR) is 136 cm³/mol. The molecule has 0 atom stereocenters. The molecule has 0 aliphatic heterocycles. The molecule has 4 bridgehead atoms. The summed E-state index contributed by atoms with van der Waals surface area (Å²) in [7, 11) is 0. The Hall–Kier alpha value is -2.31. The van der Waals surface area contributed by atoms with Crippen molar-refractivity contribution in [2.45, 2.75) is 85.6 Å². The number of ether oxygens (including phenoxy) is 2. The second-order valence-electron chi connectivity index (χ2n) is 11.3. The van der Waals surface area contributed by atoms with Gasteiger partial charge in [-0.3, -0.25) is 9.59 Å². The summed E-state index contributed by atoms with van der Waals surface area (Å²) >= 11 is 0. The van der Waals surface area contributed by atoms with Gasteiger partial charge in [-0.15, -0.1) is 0 Å². The molecule has 1 N–H and O–H groups in total. The van der Waals surface area contributed by atoms with Gasteiger partial charge in [-0.2, -0.15) is 5.10 Å². The van der Waals surface area contributed by atoms with Crippen molar-refractivity contribution in [1.82, 2.24) is 15.1 Å². The number of hydrogen-bond acceptors (Lipinski definition) is 5. The third-order valence-electron chi connectivity index (χ3n) is 8.55. The van der Waals surface area contributed by atoms with E-state index in [-0.39, 0.29) is 17.9 Å². The van der Waals surface area contributed by atoms with Crippen LogP contribution in [0.5, 0.6) is 5.88 Å². The summed E-state index contributed by atoms with van der Waals surface area (Å²) in [6, 6.07) is 0.254. The van der Waals surface area contributed by atoms with E-state index >= 15 is 0 Å². The van der Waals surface area contributed by atoms with E-state index in [1.807, 2.05) is 26.8 Å². The lowest BCUT2D eigenvalue weighted by Crippen LogP contribution is -2.55. The van der Waals surface area contributed by atoms with Crippen LogP contribution in [0.4, 0.5) is 0 Å². The molecule has 7 heteroatoms. The first-order chi connectivity index (χ1) is 16.8. The van der Waals surface area contributed by atoms with Crippen LogP contribution in [0, 0.1) is 35.0 Å². The van der Waals surface area contributed by atoms with Gasteiger partial charge in [0.2, 0.25) is 5.88 Å². The smallest absolute Gasteiger partial charge is 0.315 e. The van der Waals surface area contributed by atoms with Gasteiger partial charge in [0.25, 0.3) is 5.91 Å². The quantitative estimate of drug-likeness (QED) is 0.429. The number of aromatic nitrogens is 2. The molecular formula is C28H43N3O4. The number of carbonyl (C=O) groups excluding carboxylic acids is 2. The highest BCUT2D eigenvalue weighted by Gasteiger charge is 2.48. The van der Waals surface area contributed by atoms with Gasteiger partial charge >= 0.3 is 5.97 Å². The van der Waals surface area contributed by atoms with E-state index in [9.17, 15) is 9.59 Å². The van der Waals surface area contributed by atoms with Gasteiger partial charge in [-0.1, -0.05) is 27.7 Å². The monoisotopic (exact) mass is 485 g/mol. The van der Waals surface area contributed by atoms with Gasteiger partial charge in [0.05, 0.1) is 24.8 Å². The molecule has 5 rings (SSSR count). The molecule has 194 valence electrons. The van der Waals surface area contributed by atoms with Crippen LogP contribution in [0.1, 0.15) is 89.9 Å². The summed E-state index contributed by atoms with van der Waals surface area (Å²) in [5, 5.41) is 7.85. The van der Waals surface area contributed by atoms with Gasteiger partial charge < -0.3 is 14.8 Å². The number of carbonyl (C=O) groups is 2. The largest absolute Gasteiger partial charge is 0.477 e. The molecule has 7 nitrogen and oxygen atoms in total. The van der Waals surface area contributed by atoms with E-state index in [1.165, 1.54) is 32.1 Å². The number of rotatable bonds is 11. The third kappa shape index (κ3) is 5.29. The van der Waals surface area contributed by atoms with E-state index in [4.69, 9.17) is 9.47 Å². The summed E-state index contributed by atoms with van der Waals surface area (Å²) in [5.74, 6) is 3.31. The number of esters is 1. The van der Waals surface area contributed by atoms with Gasteiger partial charge in [-0.05, 0) is 87.5 Å². The van der Waals surface area contributed by atoms with Crippen LogP contribution in [-0.2, 0) is 9.53 Å². The highest BCUT2D eigenvalue weighted by atomic mass is 16.5. The minimum Gasteiger partial charge on any atom is -0.477 e. The number of nitrogens with one attached hydrogen (secondary N) is 1. The number of hydrogen-bond donors (Lipinski definition) is 1. The van der Waals surface area contributed by atoms with E-state index in [2.05, 4.69) is 24.3 Å². The molecule has 4 fully saturated rings. The van der Waals surface area contributed by atoms with Gasteiger partial charge in [0.15, 0.2) is 0 Å². The van der Waals surface area contributed by atoms with Crippen LogP contribution in [-0.4, -0.2) is 40.9 Å². The molecule has 0 saturated heterocycles. The zero-order chi connectivity index (χ0) is 25.2. The summed E-state index contributed by atoms with van der Waals surface area (Å²) in [4.78, 5) is 26.2. The van der Waals surface area contributed by atoms with Crippen LogP contribution in [0.25, 0.3) is 6.20 Å². The third-order valence-corrected chi connectivity index (χ3v) is 8.55. The summed E-state index contributed by atoms with van der Waals surface area (Å²) in [6.45, 7) is 10.7. The van der Waals surface area contributed by atoms with Crippen molar-refractivity contribution in [3.63, 3.8) is 0 Å². The SMILES string of the molecule is CCOC(=O)C(C=Cn1ncc(C(=O)NC2C3CC4CC(C3)CC2C4)c1OCC(C)C)(CC)CC. The standard InChI is InChI=1S/C28H43N3O4/c1-6-28(7-2,27(33)34-8-3)9-10-31-26(35-17-18(4)5)23(16-29-31)25(32)30-24-21-12-19-11-20(14-21)15-22(24)13-19/h9-10,16,18-22,24H,6-8,11-15,17H2,1-5H3,(H,30,32). The number of amides is 1. The lowest BCUT2D eigenvalue weighted by atomic mass is 9.54. The molecule has 35 heavy (non-hydrogen) atoms. The molecule has 4 aliphatic carbocycles. The van der Waals surface area contributed by atoms with Crippen LogP contribution in [0.2, 0.25) is 0 Å². The minimum atomic E-state index is -0.736. The van der Waals surface area contributed by atoms with E-state index in [0.717, 1.165) is 11.8 Å². The van der Waals surface area contributed by atoms with E-state index in [1.54, 1.807) is 17.1 Å². The molecular weight excluding hydrogens is 442 g/mol. The van der Waals surface area contributed by atoms with Crippen molar-refractivity contribution in [1.29, 1.82) is 0 Å². The Balaban J connectivity index is 1.56. The lowest BCUT2D eigenvalue weighted by molar-refractivity contribution is -0.152. The molecule has 1 heterocycles. The Morgan fingerprint density at radius 1 is 1.11 bits per heavy atom. The first-order valence-corrected chi connectivity index (χ1v) is 13.7. The fourth-order valence-electron chi connectivity index (χ4n) is 6.72. The van der Waals surface area contributed by atoms with E-state index < -0.39 is 5.41 Å². The van der Waals surface area contributed by atoms with Crippen molar-refractivity contribution in [3.8, 4) is 5.88 Å². The Morgan fingerprint density at radius 2 is 1.74 bits per heavy atom. The Morgan fingerprint density at radius 3 is 2.29 bits per heavy atom. The average Bonchev–Trinajstić information content (AvgIpc) is 3.23. The highest BCUT2D eigenvalue weighted by Crippen LogP contribution is 2.53. The average molecular weight is 486 g/mol. The second-order valence-corrected chi connectivity index (χ2v) is 11.3. The zero-order valence-corrected chi connectivity index (χ0v) is 22.1. The van der Waals surface area contributed by atoms with Gasteiger partial charge in [0, 0.05) is 12.2 Å². The second kappa shape index (κ2) is 10.8. The van der Waals surface area contributed by atoms with Crippen molar-refractivity contribution >= 4 is 18.1 Å². The molecule has 1 aromatic heterocycles. The van der Waals surface area contributed by atoms with Gasteiger partial charge in [0.1, 0.15) is 5.56 Å². The molecule has 0 aromatic carbocycles. The Labute approximate surface area is 210 Å². The minimum absolute atomic E-state index is 0.108. The Bertz CT molecular complexity index is 903. The molecule has 4 aliphatic rings. The van der Waals surface area contributed by atoms with Crippen molar-refractivity contribution in [2.24, 2.45) is 35.0 Å². The lowest BCUT2D eigenvalue weighted by Gasteiger charge is -2.54. The van der Waals surface area contributed by atoms with Crippen molar-refractivity contribution in [3.05, 3.63) is 17.8 Å². The predicted octanol–water partition coefficient (Wildman–Crippen LogP) is 5.31. The van der Waals surface area contributed by atoms with Crippen molar-refractivity contribution < 1.29 is 19.1 Å².